The van der Waals surface area contributed by atoms with Gasteiger partial charge in [-0.2, -0.15) is 0 Å². The Morgan fingerprint density at radius 3 is 2.22 bits per heavy atom. The first-order chi connectivity index (χ1) is 15.4. The third-order valence-corrected chi connectivity index (χ3v) is 5.34. The van der Waals surface area contributed by atoms with E-state index in [-0.39, 0.29) is 12.5 Å². The van der Waals surface area contributed by atoms with Gasteiger partial charge >= 0.3 is 0 Å². The fraction of sp³-hybridized carbons (Fsp3) is 0.269. The summed E-state index contributed by atoms with van der Waals surface area (Å²) in [6, 6.07) is 14.6. The first-order valence-electron chi connectivity index (χ1n) is 10.3. The highest BCUT2D eigenvalue weighted by Crippen LogP contribution is 2.30. The molecule has 168 valence electrons. The Morgan fingerprint density at radius 1 is 0.812 bits per heavy atom. The van der Waals surface area contributed by atoms with Crippen LogP contribution in [0.4, 0.5) is 5.69 Å². The fourth-order valence-electron chi connectivity index (χ4n) is 3.45. The summed E-state index contributed by atoms with van der Waals surface area (Å²) in [4.78, 5) is 13.0. The molecule has 1 amide bonds. The summed E-state index contributed by atoms with van der Waals surface area (Å²) in [7, 11) is 4.72. The number of rotatable bonds is 8. The highest BCUT2D eigenvalue weighted by Gasteiger charge is 2.15. The second-order valence-electron chi connectivity index (χ2n) is 7.54. The lowest BCUT2D eigenvalue weighted by Gasteiger charge is -2.15. The maximum atomic E-state index is 13.0. The average molecular weight is 436 g/mol. The number of carbonyl (C=O) groups is 1. The first kappa shape index (κ1) is 23.0. The summed E-state index contributed by atoms with van der Waals surface area (Å²) in [5.74, 6) is 2.36. The van der Waals surface area contributed by atoms with Crippen molar-refractivity contribution in [2.24, 2.45) is 0 Å². The van der Waals surface area contributed by atoms with E-state index in [1.165, 1.54) is 5.56 Å². The molecule has 3 aromatic rings. The predicted octanol–water partition coefficient (Wildman–Crippen LogP) is 5.47. The van der Waals surface area contributed by atoms with Crippen molar-refractivity contribution in [1.82, 2.24) is 0 Å². The van der Waals surface area contributed by atoms with Crippen LogP contribution in [0.5, 0.6) is 23.0 Å². The Morgan fingerprint density at radius 2 is 1.53 bits per heavy atom. The number of hydrogen-bond acceptors (Lipinski definition) is 5. The summed E-state index contributed by atoms with van der Waals surface area (Å²) >= 11 is 0. The number of hydrogen-bond donors (Lipinski definition) is 1. The van der Waals surface area contributed by atoms with E-state index in [0.29, 0.717) is 28.5 Å². The molecule has 0 bridgehead atoms. The van der Waals surface area contributed by atoms with Crippen LogP contribution >= 0.6 is 0 Å². The second kappa shape index (κ2) is 10.1. The summed E-state index contributed by atoms with van der Waals surface area (Å²) in [6.45, 7) is 6.41. The van der Waals surface area contributed by atoms with E-state index >= 15 is 0 Å². The van der Waals surface area contributed by atoms with Gasteiger partial charge in [0.25, 0.3) is 5.91 Å². The van der Waals surface area contributed by atoms with Gasteiger partial charge in [-0.3, -0.25) is 4.79 Å². The van der Waals surface area contributed by atoms with Crippen LogP contribution in [0.1, 0.15) is 32.6 Å². The molecular weight excluding hydrogens is 406 g/mol. The zero-order valence-corrected chi connectivity index (χ0v) is 19.4. The zero-order valence-electron chi connectivity index (χ0n) is 19.4. The minimum atomic E-state index is -0.275. The molecule has 0 saturated carbocycles. The van der Waals surface area contributed by atoms with Crippen molar-refractivity contribution in [3.63, 3.8) is 0 Å². The Balaban J connectivity index is 1.84. The topological polar surface area (TPSA) is 66.0 Å². The summed E-state index contributed by atoms with van der Waals surface area (Å²) in [6.07, 6.45) is 0. The molecule has 6 heteroatoms. The van der Waals surface area contributed by atoms with Crippen molar-refractivity contribution in [2.45, 2.75) is 27.4 Å². The van der Waals surface area contributed by atoms with Crippen molar-refractivity contribution < 1.29 is 23.7 Å². The second-order valence-corrected chi connectivity index (χ2v) is 7.54. The van der Waals surface area contributed by atoms with Gasteiger partial charge in [0, 0.05) is 17.2 Å². The van der Waals surface area contributed by atoms with E-state index in [9.17, 15) is 4.79 Å². The van der Waals surface area contributed by atoms with Gasteiger partial charge in [-0.15, -0.1) is 0 Å². The lowest BCUT2D eigenvalue weighted by Crippen LogP contribution is -2.13. The maximum Gasteiger partial charge on any atom is 0.255 e. The quantitative estimate of drug-likeness (QED) is 0.508. The molecule has 0 spiro atoms. The molecule has 0 radical (unpaired) electrons. The summed E-state index contributed by atoms with van der Waals surface area (Å²) in [5, 5.41) is 2.89. The van der Waals surface area contributed by atoms with Gasteiger partial charge in [-0.05, 0) is 73.9 Å². The van der Waals surface area contributed by atoms with E-state index in [1.807, 2.05) is 19.9 Å². The van der Waals surface area contributed by atoms with E-state index in [2.05, 4.69) is 18.3 Å². The molecule has 6 nitrogen and oxygen atoms in total. The minimum absolute atomic E-state index is 0.274. The molecule has 3 aromatic carbocycles. The monoisotopic (exact) mass is 435 g/mol. The molecular formula is C26H29NO5. The molecule has 0 aliphatic rings. The predicted molar refractivity (Wildman–Crippen MR) is 125 cm³/mol. The van der Waals surface area contributed by atoms with Crippen molar-refractivity contribution >= 4 is 11.6 Å². The Labute approximate surface area is 189 Å². The van der Waals surface area contributed by atoms with Crippen molar-refractivity contribution in [3.8, 4) is 23.0 Å². The normalized spacial score (nSPS) is 10.4. The van der Waals surface area contributed by atoms with E-state index in [1.54, 1.807) is 57.7 Å². The summed E-state index contributed by atoms with van der Waals surface area (Å²) in [5.41, 5.74) is 5.18. The molecule has 0 saturated heterocycles. The van der Waals surface area contributed by atoms with Crippen LogP contribution in [0, 0.1) is 20.8 Å². The molecule has 0 aromatic heterocycles. The van der Waals surface area contributed by atoms with E-state index in [4.69, 9.17) is 18.9 Å². The number of ether oxygens (including phenoxy) is 4. The number of anilines is 1. The largest absolute Gasteiger partial charge is 0.497 e. The number of benzene rings is 3. The lowest BCUT2D eigenvalue weighted by atomic mass is 10.1. The number of carbonyl (C=O) groups excluding carboxylic acids is 1. The van der Waals surface area contributed by atoms with E-state index < -0.39 is 0 Å². The number of methoxy groups -OCH3 is 3. The molecule has 3 rings (SSSR count). The molecule has 0 atom stereocenters. The summed E-state index contributed by atoms with van der Waals surface area (Å²) < 4.78 is 22.2. The van der Waals surface area contributed by atoms with Crippen molar-refractivity contribution in [1.29, 1.82) is 0 Å². The van der Waals surface area contributed by atoms with Crippen LogP contribution in [0.3, 0.4) is 0 Å². The Hall–Kier alpha value is -3.67. The van der Waals surface area contributed by atoms with Gasteiger partial charge < -0.3 is 24.3 Å². The molecule has 1 N–H and O–H groups in total. The number of nitrogens with one attached hydrogen (secondary N) is 1. The standard InChI is InChI=1S/C26H29NO5/c1-16-11-17(2)18(3)25(12-16)32-15-20-13-19(7-9-23(20)30-5)26(28)27-22-14-21(29-4)8-10-24(22)31-6/h7-14H,15H2,1-6H3,(H,27,28). The van der Waals surface area contributed by atoms with Gasteiger partial charge in [0.15, 0.2) is 0 Å². The van der Waals surface area contributed by atoms with Gasteiger partial charge in [0.05, 0.1) is 27.0 Å². The Kier molecular flexibility index (Phi) is 7.25. The first-order valence-corrected chi connectivity index (χ1v) is 10.3. The third kappa shape index (κ3) is 5.14. The van der Waals surface area contributed by atoms with Crippen LogP contribution in [0.15, 0.2) is 48.5 Å². The minimum Gasteiger partial charge on any atom is -0.497 e. The van der Waals surface area contributed by atoms with E-state index in [0.717, 1.165) is 22.4 Å². The molecule has 0 unspecified atom stereocenters. The average Bonchev–Trinajstić information content (AvgIpc) is 2.80. The van der Waals surface area contributed by atoms with Crippen molar-refractivity contribution in [3.05, 3.63) is 76.3 Å². The molecule has 0 aliphatic carbocycles. The maximum absolute atomic E-state index is 13.0. The highest BCUT2D eigenvalue weighted by molar-refractivity contribution is 6.05. The lowest BCUT2D eigenvalue weighted by molar-refractivity contribution is 0.102. The van der Waals surface area contributed by atoms with Gasteiger partial charge in [0.1, 0.15) is 29.6 Å². The van der Waals surface area contributed by atoms with Gasteiger partial charge in [-0.25, -0.2) is 0 Å². The number of amides is 1. The molecule has 0 aliphatic heterocycles. The van der Waals surface area contributed by atoms with Crippen molar-refractivity contribution in [2.75, 3.05) is 26.6 Å². The van der Waals surface area contributed by atoms with Crippen LogP contribution < -0.4 is 24.3 Å². The Bertz CT molecular complexity index is 1120. The molecule has 0 heterocycles. The highest BCUT2D eigenvalue weighted by atomic mass is 16.5. The van der Waals surface area contributed by atoms with Gasteiger partial charge in [0.2, 0.25) is 0 Å². The van der Waals surface area contributed by atoms with Crippen LogP contribution in [-0.2, 0) is 6.61 Å². The van der Waals surface area contributed by atoms with Crippen LogP contribution in [0.25, 0.3) is 0 Å². The number of aryl methyl sites for hydroxylation is 2. The smallest absolute Gasteiger partial charge is 0.255 e. The van der Waals surface area contributed by atoms with Crippen LogP contribution in [-0.4, -0.2) is 27.2 Å². The van der Waals surface area contributed by atoms with Gasteiger partial charge in [-0.1, -0.05) is 6.07 Å². The zero-order chi connectivity index (χ0) is 23.3. The SMILES string of the molecule is COc1ccc(OC)c(NC(=O)c2ccc(OC)c(COc3cc(C)cc(C)c3C)c2)c1. The third-order valence-electron chi connectivity index (χ3n) is 5.34. The van der Waals surface area contributed by atoms with Crippen LogP contribution in [0.2, 0.25) is 0 Å². The molecule has 32 heavy (non-hydrogen) atoms. The molecule has 0 fully saturated rings. The fourth-order valence-corrected chi connectivity index (χ4v) is 3.45.